The van der Waals surface area contributed by atoms with E-state index in [1.165, 1.54) is 5.01 Å². The van der Waals surface area contributed by atoms with Gasteiger partial charge in [0.05, 0.1) is 11.3 Å². The van der Waals surface area contributed by atoms with Gasteiger partial charge in [0.15, 0.2) is 0 Å². The lowest BCUT2D eigenvalue weighted by atomic mass is 9.83. The molecule has 1 aliphatic rings. The highest BCUT2D eigenvalue weighted by atomic mass is 16.2. The number of hydrazone groups is 1. The van der Waals surface area contributed by atoms with Crippen LogP contribution in [0, 0.1) is 5.41 Å². The van der Waals surface area contributed by atoms with Gasteiger partial charge in [-0.25, -0.2) is 5.01 Å². The monoisotopic (exact) mass is 282 g/mol. The minimum Gasteiger partial charge on any atom is -0.353 e. The van der Waals surface area contributed by atoms with Crippen molar-refractivity contribution in [1.29, 1.82) is 0 Å². The lowest BCUT2D eigenvalue weighted by molar-refractivity contribution is -0.135. The first-order valence-corrected chi connectivity index (χ1v) is 6.89. The van der Waals surface area contributed by atoms with Gasteiger partial charge < -0.3 is 5.32 Å². The number of nitrogens with one attached hydrogen (secondary N) is 1. The van der Waals surface area contributed by atoms with E-state index in [9.17, 15) is 9.59 Å². The number of hydrogen-bond acceptors (Lipinski definition) is 4. The molecule has 1 unspecified atom stereocenters. The van der Waals surface area contributed by atoms with E-state index in [0.29, 0.717) is 6.42 Å². The second-order valence-electron chi connectivity index (χ2n) is 6.20. The Morgan fingerprint density at radius 3 is 2.45 bits per heavy atom. The summed E-state index contributed by atoms with van der Waals surface area (Å²) in [6, 6.07) is 0. The van der Waals surface area contributed by atoms with Crippen LogP contribution in [0.25, 0.3) is 0 Å². The van der Waals surface area contributed by atoms with Gasteiger partial charge in [0.1, 0.15) is 5.41 Å². The van der Waals surface area contributed by atoms with Crippen molar-refractivity contribution in [3.63, 3.8) is 0 Å². The van der Waals surface area contributed by atoms with Crippen LogP contribution in [0.4, 0.5) is 0 Å². The fourth-order valence-electron chi connectivity index (χ4n) is 2.13. The van der Waals surface area contributed by atoms with E-state index in [-0.39, 0.29) is 18.4 Å². The Hall–Kier alpha value is -1.43. The Labute approximate surface area is 121 Å². The van der Waals surface area contributed by atoms with E-state index >= 15 is 0 Å². The second kappa shape index (κ2) is 5.52. The van der Waals surface area contributed by atoms with Crippen LogP contribution < -0.4 is 5.32 Å². The van der Waals surface area contributed by atoms with Gasteiger partial charge in [0.25, 0.3) is 5.91 Å². The molecule has 1 N–H and O–H groups in total. The van der Waals surface area contributed by atoms with Gasteiger partial charge in [-0.05, 0) is 41.3 Å². The predicted molar refractivity (Wildman–Crippen MR) is 79.4 cm³/mol. The number of rotatable bonds is 5. The Bertz CT molecular complexity index is 442. The molecule has 1 heterocycles. The molecule has 0 bridgehead atoms. The van der Waals surface area contributed by atoms with Crippen molar-refractivity contribution in [3.8, 4) is 0 Å². The third kappa shape index (κ3) is 2.70. The van der Waals surface area contributed by atoms with E-state index in [2.05, 4.69) is 10.4 Å². The number of carbonyl (C=O) groups is 2. The molecule has 0 fully saturated rings. The second-order valence-corrected chi connectivity index (χ2v) is 6.20. The van der Waals surface area contributed by atoms with E-state index in [4.69, 9.17) is 0 Å². The molecule has 0 aliphatic carbocycles. The van der Waals surface area contributed by atoms with Gasteiger partial charge >= 0.3 is 0 Å². The molecule has 0 aromatic heterocycles. The third-order valence-corrected chi connectivity index (χ3v) is 4.28. The molecule has 1 aliphatic heterocycles. The van der Waals surface area contributed by atoms with Crippen molar-refractivity contribution >= 4 is 17.5 Å². The summed E-state index contributed by atoms with van der Waals surface area (Å²) in [4.78, 5) is 26.4. The van der Waals surface area contributed by atoms with Crippen molar-refractivity contribution < 1.29 is 9.59 Å². The zero-order chi connectivity index (χ0) is 15.7. The van der Waals surface area contributed by atoms with E-state index < -0.39 is 11.0 Å². The first-order valence-electron chi connectivity index (χ1n) is 6.89. The molecule has 0 aromatic rings. The summed E-state index contributed by atoms with van der Waals surface area (Å²) in [7, 11) is 5.36. The highest BCUT2D eigenvalue weighted by Gasteiger charge is 2.45. The molecule has 0 radical (unpaired) electrons. The molecule has 0 aromatic carbocycles. The number of hydrogen-bond donors (Lipinski definition) is 1. The molecule has 6 heteroatoms. The quantitative estimate of drug-likeness (QED) is 0.807. The number of likely N-dealkylation sites (N-methyl/N-ethyl adjacent to an activating group) is 1. The van der Waals surface area contributed by atoms with Crippen LogP contribution in [0.3, 0.4) is 0 Å². The van der Waals surface area contributed by atoms with Crippen molar-refractivity contribution in [3.05, 3.63) is 0 Å². The summed E-state index contributed by atoms with van der Waals surface area (Å²) in [5.74, 6) is -0.168. The Kier molecular flexibility index (Phi) is 4.59. The number of amides is 2. The summed E-state index contributed by atoms with van der Waals surface area (Å²) in [6.07, 6.45) is 0.694. The van der Waals surface area contributed by atoms with Gasteiger partial charge in [0, 0.05) is 13.6 Å². The fraction of sp³-hybridized carbons (Fsp3) is 0.786. The number of carbonyl (C=O) groups excluding carboxylic acids is 2. The zero-order valence-corrected chi connectivity index (χ0v) is 13.6. The molecule has 6 nitrogen and oxygen atoms in total. The molecule has 1 rings (SSSR count). The summed E-state index contributed by atoms with van der Waals surface area (Å²) in [5.41, 5.74) is -0.539. The first-order chi connectivity index (χ1) is 9.07. The minimum atomic E-state index is -0.735. The van der Waals surface area contributed by atoms with Crippen LogP contribution in [-0.4, -0.2) is 60.7 Å². The van der Waals surface area contributed by atoms with Crippen molar-refractivity contribution in [2.45, 2.75) is 39.7 Å². The smallest absolute Gasteiger partial charge is 0.255 e. The van der Waals surface area contributed by atoms with Crippen molar-refractivity contribution in [2.24, 2.45) is 10.5 Å². The zero-order valence-electron chi connectivity index (χ0n) is 13.6. The predicted octanol–water partition coefficient (Wildman–Crippen LogP) is 0.687. The molecule has 0 saturated carbocycles. The van der Waals surface area contributed by atoms with Crippen LogP contribution in [0.2, 0.25) is 0 Å². The van der Waals surface area contributed by atoms with Crippen LogP contribution in [0.15, 0.2) is 5.10 Å². The van der Waals surface area contributed by atoms with Gasteiger partial charge in [-0.1, -0.05) is 6.92 Å². The minimum absolute atomic E-state index is 0.0719. The highest BCUT2D eigenvalue weighted by Crippen LogP contribution is 2.29. The Morgan fingerprint density at radius 1 is 1.45 bits per heavy atom. The van der Waals surface area contributed by atoms with E-state index in [0.717, 1.165) is 5.71 Å². The van der Waals surface area contributed by atoms with Crippen molar-refractivity contribution in [1.82, 2.24) is 15.2 Å². The molecule has 20 heavy (non-hydrogen) atoms. The van der Waals surface area contributed by atoms with Crippen LogP contribution >= 0.6 is 0 Å². The fourth-order valence-corrected chi connectivity index (χ4v) is 2.13. The Balaban J connectivity index is 2.81. The molecular formula is C14H26N4O2. The largest absolute Gasteiger partial charge is 0.353 e. The average molecular weight is 282 g/mol. The lowest BCUT2D eigenvalue weighted by Crippen LogP contribution is -2.55. The maximum atomic E-state index is 12.3. The van der Waals surface area contributed by atoms with Gasteiger partial charge in [-0.15, -0.1) is 0 Å². The molecule has 2 amide bonds. The molecule has 1 atom stereocenters. The third-order valence-electron chi connectivity index (χ3n) is 4.28. The summed E-state index contributed by atoms with van der Waals surface area (Å²) < 4.78 is 0. The first kappa shape index (κ1) is 16.6. The molecular weight excluding hydrogens is 256 g/mol. The van der Waals surface area contributed by atoms with Gasteiger partial charge in [-0.3, -0.25) is 14.5 Å². The van der Waals surface area contributed by atoms with Crippen LogP contribution in [0.5, 0.6) is 0 Å². The summed E-state index contributed by atoms with van der Waals surface area (Å²) >= 11 is 0. The summed E-state index contributed by atoms with van der Waals surface area (Å²) in [6.45, 7) is 7.78. The normalized spacial score (nSPS) is 23.3. The highest BCUT2D eigenvalue weighted by molar-refractivity contribution is 6.12. The topological polar surface area (TPSA) is 65.0 Å². The Morgan fingerprint density at radius 2 is 2.00 bits per heavy atom. The lowest BCUT2D eigenvalue weighted by Gasteiger charge is -2.32. The van der Waals surface area contributed by atoms with E-state index in [1.807, 2.05) is 46.7 Å². The van der Waals surface area contributed by atoms with E-state index in [1.54, 1.807) is 7.05 Å². The van der Waals surface area contributed by atoms with Crippen LogP contribution in [0.1, 0.15) is 34.1 Å². The standard InChI is InChI=1S/C14H26N4O2/c1-8-10-14(4,12(20)18(7)16-10)9-15-11(19)13(2,3)17(5)6/h8-9H2,1-7H3,(H,15,19). The van der Waals surface area contributed by atoms with Crippen molar-refractivity contribution in [2.75, 3.05) is 27.7 Å². The summed E-state index contributed by atoms with van der Waals surface area (Å²) in [5, 5.41) is 8.51. The molecule has 0 saturated heterocycles. The molecule has 114 valence electrons. The number of nitrogens with zero attached hydrogens (tertiary/aromatic N) is 3. The maximum Gasteiger partial charge on any atom is 0.255 e. The van der Waals surface area contributed by atoms with Gasteiger partial charge in [-0.2, -0.15) is 5.10 Å². The maximum absolute atomic E-state index is 12.3. The van der Waals surface area contributed by atoms with Gasteiger partial charge in [0.2, 0.25) is 5.91 Å². The van der Waals surface area contributed by atoms with Crippen LogP contribution in [-0.2, 0) is 9.59 Å². The average Bonchev–Trinajstić information content (AvgIpc) is 2.60. The molecule has 0 spiro atoms. The SMILES string of the molecule is CCC1=NN(C)C(=O)C1(C)CNC(=O)C(C)(C)N(C)C.